The number of likely N-dealkylation sites (N-methyl/N-ethyl adjacent to an activating group) is 1. The lowest BCUT2D eigenvalue weighted by Gasteiger charge is -2.50. The van der Waals surface area contributed by atoms with Crippen LogP contribution in [0.25, 0.3) is 10.9 Å². The van der Waals surface area contributed by atoms with Crippen molar-refractivity contribution < 1.29 is 19.1 Å². The van der Waals surface area contributed by atoms with E-state index in [1.54, 1.807) is 17.9 Å². The van der Waals surface area contributed by atoms with E-state index in [9.17, 15) is 9.59 Å². The van der Waals surface area contributed by atoms with Crippen LogP contribution in [0.2, 0.25) is 0 Å². The van der Waals surface area contributed by atoms with Gasteiger partial charge in [0.05, 0.1) is 38.1 Å². The monoisotopic (exact) mass is 588 g/mol. The molecule has 5 N–H and O–H groups in total. The molecule has 2 atom stereocenters. The molecule has 1 fully saturated rings. The van der Waals surface area contributed by atoms with Crippen molar-refractivity contribution in [1.29, 1.82) is 0 Å². The lowest BCUT2D eigenvalue weighted by Crippen LogP contribution is -2.75. The van der Waals surface area contributed by atoms with Gasteiger partial charge >= 0.3 is 0 Å². The topological polar surface area (TPSA) is 129 Å². The highest BCUT2D eigenvalue weighted by Gasteiger charge is 2.44. The van der Waals surface area contributed by atoms with E-state index in [1.165, 1.54) is 0 Å². The molecule has 4 heterocycles. The van der Waals surface area contributed by atoms with Crippen molar-refractivity contribution in [2.24, 2.45) is 5.73 Å². The van der Waals surface area contributed by atoms with Crippen LogP contribution in [0.1, 0.15) is 23.7 Å². The first-order valence-corrected chi connectivity index (χ1v) is 14.7. The number of carbonyl (C=O) groups is 2. The third kappa shape index (κ3) is 5.73. The molecule has 6 rings (SSSR count). The second kappa shape index (κ2) is 11.8. The molecule has 0 saturated carbocycles. The number of rotatable bonds is 8. The van der Waals surface area contributed by atoms with Gasteiger partial charge in [-0.25, -0.2) is 0 Å². The summed E-state index contributed by atoms with van der Waals surface area (Å²) < 4.78 is 12.8. The smallest absolute Gasteiger partial charge is 0.275 e. The van der Waals surface area contributed by atoms with Gasteiger partial charge in [-0.1, -0.05) is 37.3 Å². The Hall–Kier alpha value is -4.26. The number of ether oxygens (including phenoxy) is 2. The highest BCUT2D eigenvalue weighted by molar-refractivity contribution is 5.97. The molecule has 1 saturated heterocycles. The number of nitrogens with one attached hydrogen (secondary N) is 3. The van der Waals surface area contributed by atoms with Crippen molar-refractivity contribution in [2.45, 2.75) is 31.8 Å². The Kier molecular flexibility index (Phi) is 7.91. The van der Waals surface area contributed by atoms with Crippen molar-refractivity contribution >= 4 is 28.4 Å². The highest BCUT2D eigenvalue weighted by atomic mass is 16.5. The van der Waals surface area contributed by atoms with E-state index in [2.05, 4.69) is 44.8 Å². The van der Waals surface area contributed by atoms with Crippen LogP contribution in [0.5, 0.6) is 5.75 Å². The minimum absolute atomic E-state index is 0.0268. The van der Waals surface area contributed by atoms with Crippen LogP contribution in [0, 0.1) is 0 Å². The summed E-state index contributed by atoms with van der Waals surface area (Å²) in [6, 6.07) is 15.9. The Bertz CT molecular complexity index is 1530. The summed E-state index contributed by atoms with van der Waals surface area (Å²) in [5, 5.41) is 10.4. The predicted molar refractivity (Wildman–Crippen MR) is 164 cm³/mol. The normalized spacial score (nSPS) is 22.7. The average Bonchev–Trinajstić information content (AvgIpc) is 3.41. The molecule has 0 radical (unpaired) electrons. The minimum atomic E-state index is -1.52. The number of anilines is 1. The fourth-order valence-corrected chi connectivity index (χ4v) is 6.16. The number of benzene rings is 2. The van der Waals surface area contributed by atoms with Crippen LogP contribution in [0.4, 0.5) is 5.69 Å². The summed E-state index contributed by atoms with van der Waals surface area (Å²) in [5.41, 5.74) is 9.82. The SMILES string of the molecule is CCC1CN(C)C2=C(N[C@@](N)(Nc3cc4ccn(C(=O)CN5CCOCC5)c4cc3OC)NC2=O)N1Cc1ccccc1. The number of fused-ring (bicyclic) bond motifs is 1. The maximum Gasteiger partial charge on any atom is 0.275 e. The summed E-state index contributed by atoms with van der Waals surface area (Å²) in [5.74, 6) is -0.666. The van der Waals surface area contributed by atoms with Crippen LogP contribution in [0.3, 0.4) is 0 Å². The molecule has 3 aliphatic rings. The second-order valence-electron chi connectivity index (χ2n) is 11.3. The number of hydrogen-bond donors (Lipinski definition) is 4. The van der Waals surface area contributed by atoms with Crippen molar-refractivity contribution in [3.05, 3.63) is 71.8 Å². The van der Waals surface area contributed by atoms with Crippen LogP contribution in [-0.4, -0.2) is 96.6 Å². The molecule has 1 unspecified atom stereocenters. The van der Waals surface area contributed by atoms with Gasteiger partial charge < -0.3 is 29.9 Å². The van der Waals surface area contributed by atoms with E-state index in [0.29, 0.717) is 55.8 Å². The average molecular weight is 589 g/mol. The molecule has 3 aliphatic heterocycles. The standard InChI is InChI=1S/C31H40N8O4/c1-4-23-19-36(2)28-29(39(23)18-21-8-6-5-7-9-21)34-31(32,35-30(28)41)33-24-16-22-10-11-38(25(22)17-26(24)42-3)27(40)20-37-12-14-43-15-13-37/h5-11,16-17,23,33-34H,4,12-15,18-20,32H2,1-3H3,(H,35,41)/t23?,31-/m1/s1. The molecule has 12 heteroatoms. The summed E-state index contributed by atoms with van der Waals surface area (Å²) in [6.45, 7) is 6.53. The van der Waals surface area contributed by atoms with Crippen LogP contribution in [0.15, 0.2) is 66.2 Å². The van der Waals surface area contributed by atoms with E-state index < -0.39 is 5.91 Å². The summed E-state index contributed by atoms with van der Waals surface area (Å²) in [7, 11) is 3.49. The van der Waals surface area contributed by atoms with E-state index in [1.807, 2.05) is 48.3 Å². The molecule has 1 amide bonds. The lowest BCUT2D eigenvalue weighted by molar-refractivity contribution is -0.123. The van der Waals surface area contributed by atoms with Gasteiger partial charge in [-0.2, -0.15) is 0 Å². The van der Waals surface area contributed by atoms with Gasteiger partial charge in [0.25, 0.3) is 5.91 Å². The quantitative estimate of drug-likeness (QED) is 0.289. The van der Waals surface area contributed by atoms with Gasteiger partial charge in [-0.3, -0.25) is 30.1 Å². The van der Waals surface area contributed by atoms with Crippen molar-refractivity contribution in [2.75, 3.05) is 58.9 Å². The number of carbonyl (C=O) groups excluding carboxylic acids is 2. The Balaban J connectivity index is 1.28. The van der Waals surface area contributed by atoms with Crippen molar-refractivity contribution in [3.8, 4) is 5.75 Å². The molecule has 3 aromatic rings. The maximum absolute atomic E-state index is 13.6. The number of methoxy groups -OCH3 is 1. The minimum Gasteiger partial charge on any atom is -0.495 e. The third-order valence-electron chi connectivity index (χ3n) is 8.40. The lowest BCUT2D eigenvalue weighted by atomic mass is 10.0. The van der Waals surface area contributed by atoms with Gasteiger partial charge in [-0.05, 0) is 24.1 Å². The van der Waals surface area contributed by atoms with E-state index in [0.717, 1.165) is 36.0 Å². The molecule has 0 aliphatic carbocycles. The molecule has 0 bridgehead atoms. The van der Waals surface area contributed by atoms with Gasteiger partial charge in [0.2, 0.25) is 11.8 Å². The Morgan fingerprint density at radius 1 is 1.16 bits per heavy atom. The fourth-order valence-electron chi connectivity index (χ4n) is 6.16. The maximum atomic E-state index is 13.6. The molecule has 1 aromatic heterocycles. The van der Waals surface area contributed by atoms with Crippen molar-refractivity contribution in [1.82, 2.24) is 29.9 Å². The Labute approximate surface area is 251 Å². The number of morpholine rings is 1. The van der Waals surface area contributed by atoms with Gasteiger partial charge in [0.1, 0.15) is 17.3 Å². The zero-order valence-electron chi connectivity index (χ0n) is 24.9. The third-order valence-corrected chi connectivity index (χ3v) is 8.40. The van der Waals surface area contributed by atoms with Crippen molar-refractivity contribution in [3.63, 3.8) is 0 Å². The highest BCUT2D eigenvalue weighted by Crippen LogP contribution is 2.34. The molecule has 0 spiro atoms. The van der Waals surface area contributed by atoms with Gasteiger partial charge in [0.15, 0.2) is 0 Å². The Morgan fingerprint density at radius 2 is 1.93 bits per heavy atom. The van der Waals surface area contributed by atoms with E-state index in [4.69, 9.17) is 15.2 Å². The molecule has 228 valence electrons. The largest absolute Gasteiger partial charge is 0.495 e. The molecule has 43 heavy (non-hydrogen) atoms. The van der Waals surface area contributed by atoms with Crippen LogP contribution < -0.4 is 26.4 Å². The molecular weight excluding hydrogens is 548 g/mol. The Morgan fingerprint density at radius 3 is 2.65 bits per heavy atom. The van der Waals surface area contributed by atoms with E-state index in [-0.39, 0.29) is 17.9 Å². The second-order valence-corrected chi connectivity index (χ2v) is 11.3. The van der Waals surface area contributed by atoms with Crippen LogP contribution >= 0.6 is 0 Å². The molecule has 2 aromatic carbocycles. The zero-order valence-corrected chi connectivity index (χ0v) is 24.9. The van der Waals surface area contributed by atoms with E-state index >= 15 is 0 Å². The van der Waals surface area contributed by atoms with Gasteiger partial charge in [0, 0.05) is 56.9 Å². The fraction of sp³-hybridized carbons (Fsp3) is 0.419. The first kappa shape index (κ1) is 28.8. The number of amides is 1. The zero-order chi connectivity index (χ0) is 30.1. The number of nitrogens with zero attached hydrogens (tertiary/aromatic N) is 4. The number of aromatic nitrogens is 1. The number of nitrogens with two attached hydrogens (primary N) is 1. The van der Waals surface area contributed by atoms with Gasteiger partial charge in [-0.15, -0.1) is 0 Å². The summed E-state index contributed by atoms with van der Waals surface area (Å²) in [4.78, 5) is 33.1. The molecular formula is C31H40N8O4. The predicted octanol–water partition coefficient (Wildman–Crippen LogP) is 1.72. The summed E-state index contributed by atoms with van der Waals surface area (Å²) >= 11 is 0. The summed E-state index contributed by atoms with van der Waals surface area (Å²) in [6.07, 6.45) is 2.67. The molecule has 12 nitrogen and oxygen atoms in total. The first-order valence-electron chi connectivity index (χ1n) is 14.7. The number of hydrogen-bond acceptors (Lipinski definition) is 10. The first-order chi connectivity index (χ1) is 20.8. The van der Waals surface area contributed by atoms with Crippen LogP contribution in [-0.2, 0) is 16.1 Å².